The van der Waals surface area contributed by atoms with Gasteiger partial charge in [-0.05, 0) is 55.5 Å². The van der Waals surface area contributed by atoms with Crippen LogP contribution in [0.4, 0.5) is 0 Å². The summed E-state index contributed by atoms with van der Waals surface area (Å²) in [7, 11) is 1.62. The van der Waals surface area contributed by atoms with E-state index in [9.17, 15) is 4.79 Å². The lowest BCUT2D eigenvalue weighted by Gasteiger charge is -2.12. The Kier molecular flexibility index (Phi) is 7.28. The molecule has 2 aromatic carbocycles. The highest BCUT2D eigenvalue weighted by Crippen LogP contribution is 2.24. The minimum Gasteiger partial charge on any atom is -0.497 e. The van der Waals surface area contributed by atoms with Gasteiger partial charge in [0.2, 0.25) is 5.91 Å². The summed E-state index contributed by atoms with van der Waals surface area (Å²) in [5.74, 6) is 1.51. The van der Waals surface area contributed by atoms with E-state index in [1.807, 2.05) is 55.5 Å². The Labute approximate surface area is 151 Å². The third-order valence-corrected chi connectivity index (χ3v) is 4.59. The van der Waals surface area contributed by atoms with Crippen LogP contribution in [0.3, 0.4) is 0 Å². The fraction of sp³-hybridized carbons (Fsp3) is 0.278. The summed E-state index contributed by atoms with van der Waals surface area (Å²) < 4.78 is 10.7. The molecule has 0 bridgehead atoms. The fourth-order valence-electron chi connectivity index (χ4n) is 1.93. The molecule has 0 saturated heterocycles. The van der Waals surface area contributed by atoms with Crippen LogP contribution < -0.4 is 14.8 Å². The van der Waals surface area contributed by atoms with E-state index in [0.717, 1.165) is 16.4 Å². The van der Waals surface area contributed by atoms with Crippen molar-refractivity contribution in [1.29, 1.82) is 0 Å². The fourth-order valence-corrected chi connectivity index (χ4v) is 2.95. The van der Waals surface area contributed by atoms with Crippen molar-refractivity contribution in [3.05, 3.63) is 53.6 Å². The van der Waals surface area contributed by atoms with Crippen LogP contribution in [0.5, 0.6) is 11.5 Å². The zero-order valence-corrected chi connectivity index (χ0v) is 15.2. The summed E-state index contributed by atoms with van der Waals surface area (Å²) in [5.41, 5.74) is 0. The van der Waals surface area contributed by atoms with Crippen molar-refractivity contribution >= 4 is 29.3 Å². The smallest absolute Gasteiger partial charge is 0.233 e. The van der Waals surface area contributed by atoms with Crippen LogP contribution in [-0.2, 0) is 4.79 Å². The first kappa shape index (κ1) is 18.5. The molecule has 24 heavy (non-hydrogen) atoms. The van der Waals surface area contributed by atoms with Gasteiger partial charge in [0, 0.05) is 9.92 Å². The second kappa shape index (κ2) is 9.45. The van der Waals surface area contributed by atoms with Crippen LogP contribution in [0.15, 0.2) is 53.4 Å². The van der Waals surface area contributed by atoms with Gasteiger partial charge >= 0.3 is 0 Å². The minimum atomic E-state index is -0.188. The first-order chi connectivity index (χ1) is 11.6. The Bertz CT molecular complexity index is 646. The molecule has 2 rings (SSSR count). The molecule has 1 atom stereocenters. The predicted molar refractivity (Wildman–Crippen MR) is 98.3 cm³/mol. The number of benzene rings is 2. The van der Waals surface area contributed by atoms with Crippen molar-refractivity contribution in [3.63, 3.8) is 0 Å². The van der Waals surface area contributed by atoms with Gasteiger partial charge in [0.15, 0.2) is 0 Å². The second-order valence-corrected chi connectivity index (χ2v) is 6.88. The Morgan fingerprint density at radius 2 is 1.75 bits per heavy atom. The standard InChI is InChI=1S/C18H20ClNO3S/c1-13(24-17-9-3-14(19)4-10-17)18(21)20-11-12-23-16-7-5-15(22-2)6-8-16/h3-10,13H,11-12H2,1-2H3,(H,20,21)/t13-/m0/s1. The van der Waals surface area contributed by atoms with Crippen LogP contribution in [0.25, 0.3) is 0 Å². The molecule has 0 radical (unpaired) electrons. The number of carbonyl (C=O) groups is 1. The van der Waals surface area contributed by atoms with E-state index in [-0.39, 0.29) is 11.2 Å². The molecule has 2 aromatic rings. The van der Waals surface area contributed by atoms with Crippen molar-refractivity contribution in [2.24, 2.45) is 0 Å². The number of ether oxygens (including phenoxy) is 2. The lowest BCUT2D eigenvalue weighted by atomic mass is 10.3. The second-order valence-electron chi connectivity index (χ2n) is 5.03. The lowest BCUT2D eigenvalue weighted by molar-refractivity contribution is -0.120. The van der Waals surface area contributed by atoms with Gasteiger partial charge in [-0.2, -0.15) is 0 Å². The van der Waals surface area contributed by atoms with E-state index in [4.69, 9.17) is 21.1 Å². The molecule has 0 saturated carbocycles. The Balaban J connectivity index is 1.69. The van der Waals surface area contributed by atoms with Gasteiger partial charge < -0.3 is 14.8 Å². The molecular weight excluding hydrogens is 346 g/mol. The zero-order chi connectivity index (χ0) is 17.4. The highest BCUT2D eigenvalue weighted by molar-refractivity contribution is 8.00. The van der Waals surface area contributed by atoms with Gasteiger partial charge in [-0.25, -0.2) is 0 Å². The molecule has 0 fully saturated rings. The molecule has 4 nitrogen and oxygen atoms in total. The highest BCUT2D eigenvalue weighted by atomic mass is 35.5. The Morgan fingerprint density at radius 3 is 2.38 bits per heavy atom. The molecule has 1 N–H and O–H groups in total. The van der Waals surface area contributed by atoms with E-state index in [2.05, 4.69) is 5.32 Å². The number of hydrogen-bond donors (Lipinski definition) is 1. The number of halogens is 1. The summed E-state index contributed by atoms with van der Waals surface area (Å²) in [6.45, 7) is 2.74. The van der Waals surface area contributed by atoms with E-state index >= 15 is 0 Å². The van der Waals surface area contributed by atoms with Crippen LogP contribution in [0, 0.1) is 0 Å². The number of rotatable bonds is 8. The van der Waals surface area contributed by atoms with Crippen molar-refractivity contribution < 1.29 is 14.3 Å². The maximum Gasteiger partial charge on any atom is 0.233 e. The van der Waals surface area contributed by atoms with Gasteiger partial charge in [0.05, 0.1) is 18.9 Å². The van der Waals surface area contributed by atoms with E-state index < -0.39 is 0 Å². The highest BCUT2D eigenvalue weighted by Gasteiger charge is 2.13. The van der Waals surface area contributed by atoms with Crippen molar-refractivity contribution in [1.82, 2.24) is 5.32 Å². The molecule has 128 valence electrons. The minimum absolute atomic E-state index is 0.0201. The summed E-state index contributed by atoms with van der Waals surface area (Å²) in [4.78, 5) is 13.1. The summed E-state index contributed by atoms with van der Waals surface area (Å²) in [5, 5.41) is 3.37. The largest absolute Gasteiger partial charge is 0.497 e. The van der Waals surface area contributed by atoms with Gasteiger partial charge in [0.25, 0.3) is 0 Å². The average Bonchev–Trinajstić information content (AvgIpc) is 2.61. The maximum absolute atomic E-state index is 12.1. The normalized spacial score (nSPS) is 11.6. The van der Waals surface area contributed by atoms with Crippen LogP contribution in [0.1, 0.15) is 6.92 Å². The lowest BCUT2D eigenvalue weighted by Crippen LogP contribution is -2.33. The average molecular weight is 366 g/mol. The van der Waals surface area contributed by atoms with Crippen molar-refractivity contribution in [3.8, 4) is 11.5 Å². The van der Waals surface area contributed by atoms with Gasteiger partial charge in [-0.15, -0.1) is 11.8 Å². The first-order valence-corrected chi connectivity index (χ1v) is 8.81. The number of nitrogens with one attached hydrogen (secondary N) is 1. The third-order valence-electron chi connectivity index (χ3n) is 3.23. The quantitative estimate of drug-likeness (QED) is 0.567. The van der Waals surface area contributed by atoms with E-state index in [1.165, 1.54) is 11.8 Å². The summed E-state index contributed by atoms with van der Waals surface area (Å²) in [6.07, 6.45) is 0. The van der Waals surface area contributed by atoms with Crippen molar-refractivity contribution in [2.45, 2.75) is 17.1 Å². The van der Waals surface area contributed by atoms with Crippen molar-refractivity contribution in [2.75, 3.05) is 20.3 Å². The van der Waals surface area contributed by atoms with Crippen LogP contribution >= 0.6 is 23.4 Å². The molecule has 0 aromatic heterocycles. The summed E-state index contributed by atoms with van der Waals surface area (Å²) in [6, 6.07) is 14.8. The van der Waals surface area contributed by atoms with E-state index in [0.29, 0.717) is 18.2 Å². The molecular formula is C18H20ClNO3S. The summed E-state index contributed by atoms with van der Waals surface area (Å²) >= 11 is 7.35. The number of thioether (sulfide) groups is 1. The Hall–Kier alpha value is -1.85. The molecule has 0 aliphatic carbocycles. The first-order valence-electron chi connectivity index (χ1n) is 7.55. The molecule has 0 spiro atoms. The molecule has 0 unspecified atom stereocenters. The van der Waals surface area contributed by atoms with Gasteiger partial charge in [-0.3, -0.25) is 4.79 Å². The SMILES string of the molecule is COc1ccc(OCCNC(=O)[C@H](C)Sc2ccc(Cl)cc2)cc1. The van der Waals surface area contributed by atoms with Crippen LogP contribution in [-0.4, -0.2) is 31.4 Å². The monoisotopic (exact) mass is 365 g/mol. The van der Waals surface area contributed by atoms with Crippen LogP contribution in [0.2, 0.25) is 5.02 Å². The number of hydrogen-bond acceptors (Lipinski definition) is 4. The molecule has 0 aliphatic heterocycles. The third kappa shape index (κ3) is 5.98. The maximum atomic E-state index is 12.1. The molecule has 6 heteroatoms. The predicted octanol–water partition coefficient (Wildman–Crippen LogP) is 4.02. The molecule has 0 heterocycles. The van der Waals surface area contributed by atoms with E-state index in [1.54, 1.807) is 7.11 Å². The topological polar surface area (TPSA) is 47.6 Å². The number of amides is 1. The zero-order valence-electron chi connectivity index (χ0n) is 13.6. The van der Waals surface area contributed by atoms with Gasteiger partial charge in [0.1, 0.15) is 18.1 Å². The Morgan fingerprint density at radius 1 is 1.12 bits per heavy atom. The number of methoxy groups -OCH3 is 1. The number of carbonyl (C=O) groups excluding carboxylic acids is 1. The molecule has 0 aliphatic rings. The molecule has 1 amide bonds. The van der Waals surface area contributed by atoms with Gasteiger partial charge in [-0.1, -0.05) is 11.6 Å².